The van der Waals surface area contributed by atoms with Crippen LogP contribution in [0.3, 0.4) is 0 Å². The van der Waals surface area contributed by atoms with Crippen LogP contribution in [-0.2, 0) is 9.53 Å². The molecule has 120 valence electrons. The van der Waals surface area contributed by atoms with Gasteiger partial charge >= 0.3 is 12.3 Å². The number of ether oxygens (including phenoxy) is 2. The number of carbonyl (C=O) groups excluding carboxylic acids is 1. The Morgan fingerprint density at radius 1 is 1.27 bits per heavy atom. The summed E-state index contributed by atoms with van der Waals surface area (Å²) in [5.74, 6) is -2.25. The van der Waals surface area contributed by atoms with E-state index in [1.54, 1.807) is 0 Å². The fourth-order valence-corrected chi connectivity index (χ4v) is 2.02. The van der Waals surface area contributed by atoms with E-state index in [1.807, 2.05) is 0 Å². The van der Waals surface area contributed by atoms with E-state index in [4.69, 9.17) is 9.84 Å². The Balaban J connectivity index is 2.13. The van der Waals surface area contributed by atoms with Crippen molar-refractivity contribution in [2.24, 2.45) is 0 Å². The van der Waals surface area contributed by atoms with E-state index in [0.29, 0.717) is 0 Å². The number of aliphatic carboxylic acids is 1. The first kappa shape index (κ1) is 16.1. The molecule has 1 heterocycles. The van der Waals surface area contributed by atoms with Crippen molar-refractivity contribution in [2.75, 3.05) is 19.8 Å². The molecule has 0 bridgehead atoms. The molecular formula is C13H12F3NO5. The molecule has 6 nitrogen and oxygen atoms in total. The van der Waals surface area contributed by atoms with Crippen LogP contribution >= 0.6 is 0 Å². The number of carbonyl (C=O) groups is 2. The zero-order valence-corrected chi connectivity index (χ0v) is 11.2. The van der Waals surface area contributed by atoms with Gasteiger partial charge in [0.05, 0.1) is 13.2 Å². The second-order valence-electron chi connectivity index (χ2n) is 4.50. The number of nitrogens with zero attached hydrogens (tertiary/aromatic N) is 1. The molecule has 1 aliphatic heterocycles. The van der Waals surface area contributed by atoms with Crippen LogP contribution in [0.1, 0.15) is 10.4 Å². The van der Waals surface area contributed by atoms with Crippen LogP contribution in [-0.4, -0.2) is 54.0 Å². The lowest BCUT2D eigenvalue weighted by molar-refractivity contribution is -0.274. The minimum absolute atomic E-state index is 0.0719. The van der Waals surface area contributed by atoms with Crippen molar-refractivity contribution in [1.29, 1.82) is 0 Å². The van der Waals surface area contributed by atoms with Crippen molar-refractivity contribution in [3.8, 4) is 5.75 Å². The van der Waals surface area contributed by atoms with Gasteiger partial charge in [0.25, 0.3) is 5.91 Å². The molecule has 1 amide bonds. The SMILES string of the molecule is O=C(O)[C@H]1COCCN1C(=O)c1ccc(OC(F)(F)F)cc1. The quantitative estimate of drug-likeness (QED) is 0.914. The van der Waals surface area contributed by atoms with Crippen LogP contribution < -0.4 is 4.74 Å². The van der Waals surface area contributed by atoms with Crippen molar-refractivity contribution in [2.45, 2.75) is 12.4 Å². The summed E-state index contributed by atoms with van der Waals surface area (Å²) in [7, 11) is 0. The lowest BCUT2D eigenvalue weighted by Crippen LogP contribution is -2.52. The molecule has 1 aromatic carbocycles. The molecule has 0 aliphatic carbocycles. The van der Waals surface area contributed by atoms with E-state index >= 15 is 0 Å². The molecule has 0 radical (unpaired) electrons. The van der Waals surface area contributed by atoms with Crippen LogP contribution in [0, 0.1) is 0 Å². The molecule has 0 unspecified atom stereocenters. The third-order valence-corrected chi connectivity index (χ3v) is 3.01. The van der Waals surface area contributed by atoms with Crippen molar-refractivity contribution < 1.29 is 37.3 Å². The second kappa shape index (κ2) is 6.22. The van der Waals surface area contributed by atoms with Crippen molar-refractivity contribution >= 4 is 11.9 Å². The smallest absolute Gasteiger partial charge is 0.480 e. The Morgan fingerprint density at radius 3 is 2.45 bits per heavy atom. The number of carboxylic acids is 1. The van der Waals surface area contributed by atoms with Gasteiger partial charge in [-0.25, -0.2) is 4.79 Å². The minimum Gasteiger partial charge on any atom is -0.480 e. The average Bonchev–Trinajstić information content (AvgIpc) is 2.45. The first-order valence-electron chi connectivity index (χ1n) is 6.25. The molecular weight excluding hydrogens is 307 g/mol. The van der Waals surface area contributed by atoms with Crippen LogP contribution in [0.5, 0.6) is 5.75 Å². The Labute approximate surface area is 123 Å². The molecule has 22 heavy (non-hydrogen) atoms. The molecule has 1 aromatic rings. The lowest BCUT2D eigenvalue weighted by Gasteiger charge is -2.32. The Morgan fingerprint density at radius 2 is 1.91 bits per heavy atom. The first-order chi connectivity index (χ1) is 10.3. The summed E-state index contributed by atoms with van der Waals surface area (Å²) in [4.78, 5) is 24.5. The Kier molecular flexibility index (Phi) is 4.55. The highest BCUT2D eigenvalue weighted by Gasteiger charge is 2.34. The van der Waals surface area contributed by atoms with E-state index in [0.717, 1.165) is 29.2 Å². The molecule has 1 atom stereocenters. The molecule has 0 aromatic heterocycles. The van der Waals surface area contributed by atoms with Gasteiger partial charge in [0.1, 0.15) is 5.75 Å². The summed E-state index contributed by atoms with van der Waals surface area (Å²) in [6.45, 7) is 0.164. The van der Waals surface area contributed by atoms with E-state index < -0.39 is 30.0 Å². The van der Waals surface area contributed by atoms with Crippen LogP contribution in [0.4, 0.5) is 13.2 Å². The summed E-state index contributed by atoms with van der Waals surface area (Å²) in [6, 6.07) is 3.18. The van der Waals surface area contributed by atoms with Gasteiger partial charge in [-0.3, -0.25) is 4.79 Å². The Hall–Kier alpha value is -2.29. The largest absolute Gasteiger partial charge is 0.573 e. The standard InChI is InChI=1S/C13H12F3NO5/c14-13(15,16)22-9-3-1-8(2-4-9)11(18)17-5-6-21-7-10(17)12(19)20/h1-4,10H,5-7H2,(H,19,20)/t10-/m1/s1. The van der Waals surface area contributed by atoms with E-state index in [2.05, 4.69) is 4.74 Å². The molecule has 1 N–H and O–H groups in total. The van der Waals surface area contributed by atoms with E-state index in [9.17, 15) is 22.8 Å². The number of hydrogen-bond acceptors (Lipinski definition) is 4. The number of alkyl halides is 3. The third kappa shape index (κ3) is 3.88. The highest BCUT2D eigenvalue weighted by atomic mass is 19.4. The van der Waals surface area contributed by atoms with E-state index in [-0.39, 0.29) is 25.3 Å². The maximum atomic E-state index is 12.3. The van der Waals surface area contributed by atoms with Gasteiger partial charge in [-0.15, -0.1) is 13.2 Å². The summed E-state index contributed by atoms with van der Waals surface area (Å²) in [5, 5.41) is 9.06. The summed E-state index contributed by atoms with van der Waals surface area (Å²) < 4.78 is 44.9. The molecule has 1 saturated heterocycles. The second-order valence-corrected chi connectivity index (χ2v) is 4.50. The molecule has 0 spiro atoms. The number of amides is 1. The normalized spacial score (nSPS) is 18.9. The number of hydrogen-bond donors (Lipinski definition) is 1. The van der Waals surface area contributed by atoms with Gasteiger partial charge in [-0.1, -0.05) is 0 Å². The predicted molar refractivity (Wildman–Crippen MR) is 66.4 cm³/mol. The average molecular weight is 319 g/mol. The van der Waals surface area contributed by atoms with Crippen molar-refractivity contribution in [3.63, 3.8) is 0 Å². The highest BCUT2D eigenvalue weighted by Crippen LogP contribution is 2.23. The van der Waals surface area contributed by atoms with Crippen LogP contribution in [0.25, 0.3) is 0 Å². The van der Waals surface area contributed by atoms with Gasteiger partial charge in [0, 0.05) is 12.1 Å². The highest BCUT2D eigenvalue weighted by molar-refractivity contribution is 5.96. The molecule has 0 saturated carbocycles. The monoisotopic (exact) mass is 319 g/mol. The van der Waals surface area contributed by atoms with Crippen molar-refractivity contribution in [3.05, 3.63) is 29.8 Å². The van der Waals surface area contributed by atoms with Gasteiger partial charge in [-0.2, -0.15) is 0 Å². The Bertz CT molecular complexity index is 558. The molecule has 1 aliphatic rings. The zero-order valence-electron chi connectivity index (χ0n) is 11.2. The van der Waals surface area contributed by atoms with Crippen molar-refractivity contribution in [1.82, 2.24) is 4.90 Å². The van der Waals surface area contributed by atoms with E-state index in [1.165, 1.54) is 0 Å². The summed E-state index contributed by atoms with van der Waals surface area (Å²) in [6.07, 6.45) is -4.82. The number of morpholine rings is 1. The fraction of sp³-hybridized carbons (Fsp3) is 0.385. The third-order valence-electron chi connectivity index (χ3n) is 3.01. The molecule has 2 rings (SSSR count). The maximum absolute atomic E-state index is 12.3. The lowest BCUT2D eigenvalue weighted by atomic mass is 10.1. The molecule has 1 fully saturated rings. The van der Waals surface area contributed by atoms with Gasteiger partial charge in [-0.05, 0) is 24.3 Å². The topological polar surface area (TPSA) is 76.1 Å². The predicted octanol–water partition coefficient (Wildman–Crippen LogP) is 1.51. The van der Waals surface area contributed by atoms with Gasteiger partial charge in [0.15, 0.2) is 6.04 Å². The number of rotatable bonds is 3. The number of halogens is 3. The zero-order chi connectivity index (χ0) is 16.3. The fourth-order valence-electron chi connectivity index (χ4n) is 2.02. The maximum Gasteiger partial charge on any atom is 0.573 e. The minimum atomic E-state index is -4.82. The van der Waals surface area contributed by atoms with Crippen LogP contribution in [0.15, 0.2) is 24.3 Å². The molecule has 9 heteroatoms. The number of carboxylic acid groups (broad SMARTS) is 1. The van der Waals surface area contributed by atoms with Gasteiger partial charge in [0.2, 0.25) is 0 Å². The number of benzene rings is 1. The van der Waals surface area contributed by atoms with Gasteiger partial charge < -0.3 is 19.5 Å². The van der Waals surface area contributed by atoms with Crippen LogP contribution in [0.2, 0.25) is 0 Å². The summed E-state index contributed by atoms with van der Waals surface area (Å²) in [5.41, 5.74) is 0.0719. The first-order valence-corrected chi connectivity index (χ1v) is 6.25. The summed E-state index contributed by atoms with van der Waals surface area (Å²) >= 11 is 0.